The van der Waals surface area contributed by atoms with Crippen LogP contribution in [0.15, 0.2) is 0 Å². The molecular weight excluding hydrogens is 168 g/mol. The second kappa shape index (κ2) is 6.71. The van der Waals surface area contributed by atoms with E-state index in [1.807, 2.05) is 0 Å². The van der Waals surface area contributed by atoms with Gasteiger partial charge < -0.3 is 15.0 Å². The first kappa shape index (κ1) is 12.2. The molecule has 0 aliphatic carbocycles. The highest BCUT2D eigenvalue weighted by molar-refractivity contribution is 5.73. The van der Waals surface area contributed by atoms with Gasteiger partial charge in [-0.15, -0.1) is 0 Å². The fourth-order valence-corrected chi connectivity index (χ4v) is 0.707. The molecule has 1 N–H and O–H groups in total. The van der Waals surface area contributed by atoms with Crippen LogP contribution in [0.4, 0.5) is 4.79 Å². The Hall–Kier alpha value is -0.770. The number of rotatable bonds is 5. The summed E-state index contributed by atoms with van der Waals surface area (Å²) in [6.45, 7) is 6.09. The maximum absolute atomic E-state index is 11.0. The number of carbonyl (C=O) groups excluding carboxylic acids is 1. The number of amides is 2. The van der Waals surface area contributed by atoms with E-state index in [0.717, 1.165) is 6.61 Å². The van der Waals surface area contributed by atoms with Crippen LogP contribution in [-0.2, 0) is 4.74 Å². The van der Waals surface area contributed by atoms with Crippen LogP contribution >= 0.6 is 0 Å². The summed E-state index contributed by atoms with van der Waals surface area (Å²) >= 11 is 0. The summed E-state index contributed by atoms with van der Waals surface area (Å²) in [7, 11) is 3.43. The van der Waals surface area contributed by atoms with Gasteiger partial charge in [0.15, 0.2) is 0 Å². The average molecular weight is 188 g/mol. The summed E-state index contributed by atoms with van der Waals surface area (Å²) in [5.74, 6) is 0.546. The van der Waals surface area contributed by atoms with Crippen LogP contribution in [-0.4, -0.2) is 44.8 Å². The summed E-state index contributed by atoms with van der Waals surface area (Å²) in [6.07, 6.45) is 0. The van der Waals surface area contributed by atoms with Gasteiger partial charge in [0, 0.05) is 27.2 Å². The van der Waals surface area contributed by atoms with Crippen molar-refractivity contribution < 1.29 is 9.53 Å². The number of nitrogens with zero attached hydrogens (tertiary/aromatic N) is 1. The molecule has 4 nitrogen and oxygen atoms in total. The van der Waals surface area contributed by atoms with E-state index < -0.39 is 0 Å². The highest BCUT2D eigenvalue weighted by Crippen LogP contribution is 1.90. The van der Waals surface area contributed by atoms with Gasteiger partial charge >= 0.3 is 6.03 Å². The van der Waals surface area contributed by atoms with Crippen molar-refractivity contribution in [1.82, 2.24) is 10.2 Å². The fraction of sp³-hybridized carbons (Fsp3) is 0.889. The number of nitrogens with one attached hydrogen (secondary N) is 1. The van der Waals surface area contributed by atoms with Gasteiger partial charge in [-0.1, -0.05) is 13.8 Å². The van der Waals surface area contributed by atoms with Gasteiger partial charge in [-0.05, 0) is 5.92 Å². The van der Waals surface area contributed by atoms with Gasteiger partial charge in [-0.25, -0.2) is 4.79 Å². The Morgan fingerprint density at radius 2 is 2.08 bits per heavy atom. The summed E-state index contributed by atoms with van der Waals surface area (Å²) in [5, 5.41) is 2.72. The predicted molar refractivity (Wildman–Crippen MR) is 52.7 cm³/mol. The molecule has 0 heterocycles. The van der Waals surface area contributed by atoms with E-state index in [4.69, 9.17) is 4.74 Å². The van der Waals surface area contributed by atoms with Crippen molar-refractivity contribution in [3.63, 3.8) is 0 Å². The van der Waals surface area contributed by atoms with E-state index in [-0.39, 0.29) is 6.03 Å². The van der Waals surface area contributed by atoms with Crippen molar-refractivity contribution in [1.29, 1.82) is 0 Å². The topological polar surface area (TPSA) is 41.6 Å². The fourth-order valence-electron chi connectivity index (χ4n) is 0.707. The Morgan fingerprint density at radius 3 is 2.54 bits per heavy atom. The Kier molecular flexibility index (Phi) is 6.32. The van der Waals surface area contributed by atoms with Gasteiger partial charge in [0.2, 0.25) is 0 Å². The molecule has 0 aromatic carbocycles. The Morgan fingerprint density at radius 1 is 1.46 bits per heavy atom. The zero-order valence-corrected chi connectivity index (χ0v) is 8.96. The molecule has 0 aromatic heterocycles. The molecule has 0 atom stereocenters. The largest absolute Gasteiger partial charge is 0.379 e. The zero-order valence-electron chi connectivity index (χ0n) is 8.96. The minimum absolute atomic E-state index is 0.0758. The maximum Gasteiger partial charge on any atom is 0.316 e. The quantitative estimate of drug-likeness (QED) is 0.652. The molecule has 0 aromatic rings. The Bertz CT molecular complexity index is 147. The van der Waals surface area contributed by atoms with Crippen molar-refractivity contribution in [2.75, 3.05) is 33.9 Å². The number of hydrogen-bond donors (Lipinski definition) is 1. The lowest BCUT2D eigenvalue weighted by Gasteiger charge is -2.12. The van der Waals surface area contributed by atoms with Crippen LogP contribution in [0.2, 0.25) is 0 Å². The molecule has 78 valence electrons. The highest BCUT2D eigenvalue weighted by Gasteiger charge is 2.00. The van der Waals surface area contributed by atoms with Gasteiger partial charge in [-0.2, -0.15) is 0 Å². The van der Waals surface area contributed by atoms with Crippen LogP contribution in [0.3, 0.4) is 0 Å². The Balaban J connectivity index is 3.21. The first-order valence-electron chi connectivity index (χ1n) is 4.57. The molecule has 0 fully saturated rings. The molecule has 0 saturated carbocycles. The molecule has 0 saturated heterocycles. The number of carbonyl (C=O) groups is 1. The van der Waals surface area contributed by atoms with E-state index >= 15 is 0 Å². The van der Waals surface area contributed by atoms with Crippen molar-refractivity contribution in [2.45, 2.75) is 13.8 Å². The Labute approximate surface area is 80.2 Å². The third-order valence-corrected chi connectivity index (χ3v) is 1.38. The van der Waals surface area contributed by atoms with Crippen molar-refractivity contribution in [3.8, 4) is 0 Å². The monoisotopic (exact) mass is 188 g/mol. The number of hydrogen-bond acceptors (Lipinski definition) is 2. The first-order valence-corrected chi connectivity index (χ1v) is 4.57. The van der Waals surface area contributed by atoms with Crippen LogP contribution in [0.25, 0.3) is 0 Å². The third-order valence-electron chi connectivity index (χ3n) is 1.38. The molecule has 13 heavy (non-hydrogen) atoms. The second-order valence-electron chi connectivity index (χ2n) is 3.60. The highest BCUT2D eigenvalue weighted by atomic mass is 16.5. The van der Waals surface area contributed by atoms with Crippen molar-refractivity contribution >= 4 is 6.03 Å². The zero-order chi connectivity index (χ0) is 10.3. The van der Waals surface area contributed by atoms with Gasteiger partial charge in [0.1, 0.15) is 0 Å². The lowest BCUT2D eigenvalue weighted by atomic mass is 10.2. The minimum Gasteiger partial charge on any atom is -0.379 e. The van der Waals surface area contributed by atoms with Gasteiger partial charge in [0.25, 0.3) is 0 Å². The van der Waals surface area contributed by atoms with E-state index in [9.17, 15) is 4.79 Å². The van der Waals surface area contributed by atoms with Crippen LogP contribution < -0.4 is 5.32 Å². The van der Waals surface area contributed by atoms with Crippen molar-refractivity contribution in [3.05, 3.63) is 0 Å². The minimum atomic E-state index is -0.0758. The predicted octanol–water partition coefficient (Wildman–Crippen LogP) is 0.930. The molecule has 2 amide bonds. The normalized spacial score (nSPS) is 10.2. The lowest BCUT2D eigenvalue weighted by Crippen LogP contribution is -2.36. The van der Waals surface area contributed by atoms with Gasteiger partial charge in [-0.3, -0.25) is 0 Å². The number of ether oxygens (including phenoxy) is 1. The second-order valence-corrected chi connectivity index (χ2v) is 3.60. The molecule has 0 aliphatic heterocycles. The van der Waals surface area contributed by atoms with E-state index in [1.54, 1.807) is 14.1 Å². The van der Waals surface area contributed by atoms with Crippen LogP contribution in [0, 0.1) is 5.92 Å². The molecule has 0 bridgehead atoms. The SMILES string of the molecule is CC(C)COCCNC(=O)N(C)C. The third kappa shape index (κ3) is 7.59. The van der Waals surface area contributed by atoms with E-state index in [1.165, 1.54) is 4.90 Å². The standard InChI is InChI=1S/C9H20N2O2/c1-8(2)7-13-6-5-10-9(12)11(3)4/h8H,5-7H2,1-4H3,(H,10,12). The van der Waals surface area contributed by atoms with Crippen LogP contribution in [0.1, 0.15) is 13.8 Å². The van der Waals surface area contributed by atoms with Gasteiger partial charge in [0.05, 0.1) is 6.61 Å². The molecular formula is C9H20N2O2. The van der Waals surface area contributed by atoms with Crippen molar-refractivity contribution in [2.24, 2.45) is 5.92 Å². The van der Waals surface area contributed by atoms with E-state index in [2.05, 4.69) is 19.2 Å². The van der Waals surface area contributed by atoms with E-state index in [0.29, 0.717) is 19.1 Å². The molecule has 0 aliphatic rings. The lowest BCUT2D eigenvalue weighted by molar-refractivity contribution is 0.111. The molecule has 0 radical (unpaired) electrons. The molecule has 0 unspecified atom stereocenters. The molecule has 0 spiro atoms. The number of urea groups is 1. The molecule has 0 rings (SSSR count). The first-order chi connectivity index (χ1) is 6.04. The summed E-state index contributed by atoms with van der Waals surface area (Å²) < 4.78 is 5.29. The van der Waals surface area contributed by atoms with Crippen LogP contribution in [0.5, 0.6) is 0 Å². The maximum atomic E-state index is 11.0. The molecule has 4 heteroatoms. The summed E-state index contributed by atoms with van der Waals surface area (Å²) in [4.78, 5) is 12.5. The smallest absolute Gasteiger partial charge is 0.316 e. The summed E-state index contributed by atoms with van der Waals surface area (Å²) in [5.41, 5.74) is 0. The summed E-state index contributed by atoms with van der Waals surface area (Å²) in [6, 6.07) is -0.0758. The average Bonchev–Trinajstić information content (AvgIpc) is 2.02.